The van der Waals surface area contributed by atoms with Gasteiger partial charge in [0.1, 0.15) is 25.9 Å². The molecule has 0 heterocycles. The van der Waals surface area contributed by atoms with E-state index in [1.165, 1.54) is 82.4 Å². The van der Waals surface area contributed by atoms with Crippen molar-refractivity contribution in [2.75, 3.05) is 59.0 Å². The van der Waals surface area contributed by atoms with E-state index in [4.69, 9.17) is 9.26 Å². The van der Waals surface area contributed by atoms with Gasteiger partial charge in [-0.1, -0.05) is 77.6 Å². The highest BCUT2D eigenvalue weighted by atomic mass is 32.2. The zero-order valence-electron chi connectivity index (χ0n) is 22.0. The molecule has 2 atom stereocenters. The average molecular weight is 528 g/mol. The second kappa shape index (κ2) is 21.0. The molecule has 0 saturated heterocycles. The lowest BCUT2D eigenvalue weighted by Gasteiger charge is -2.27. The highest BCUT2D eigenvalue weighted by molar-refractivity contribution is 7.99. The number of esters is 1. The number of unbranched alkanes of at least 4 members (excludes halogenated alkanes) is 11. The number of hydrogen-bond acceptors (Lipinski definition) is 8. The molecule has 34 heavy (non-hydrogen) atoms. The van der Waals surface area contributed by atoms with Gasteiger partial charge in [-0.2, -0.15) is 11.8 Å². The van der Waals surface area contributed by atoms with Crippen LogP contribution in [0.2, 0.25) is 0 Å². The standard InChI is InChI=1S/C24H50NO7PS/c1-5-6-7-8-9-10-11-12-13-14-15-16-19-34-22-24(27)30-20-23(26)21-32-33(28,29)31-18-17-25(2,3)4/h23,26H,5-22H2,1-4H3/t23-/m1/s1. The minimum absolute atomic E-state index is 0.00816. The molecule has 0 aromatic heterocycles. The van der Waals surface area contributed by atoms with Crippen LogP contribution in [0.15, 0.2) is 0 Å². The van der Waals surface area contributed by atoms with Gasteiger partial charge in [0.25, 0.3) is 7.82 Å². The number of nitrogens with zero attached hydrogens (tertiary/aromatic N) is 1. The number of hydrogen-bond donors (Lipinski definition) is 1. The summed E-state index contributed by atoms with van der Waals surface area (Å²) in [5.74, 6) is 0.703. The molecule has 0 saturated carbocycles. The zero-order valence-corrected chi connectivity index (χ0v) is 23.7. The van der Waals surface area contributed by atoms with Crippen LogP contribution in [0.5, 0.6) is 0 Å². The molecule has 1 unspecified atom stereocenters. The summed E-state index contributed by atoms with van der Waals surface area (Å²) in [7, 11) is 1.25. The molecule has 1 N–H and O–H groups in total. The quantitative estimate of drug-likeness (QED) is 0.0845. The number of ether oxygens (including phenoxy) is 1. The van der Waals surface area contributed by atoms with Crippen LogP contribution in [-0.2, 0) is 23.1 Å². The summed E-state index contributed by atoms with van der Waals surface area (Å²) < 4.78 is 26.6. The number of aliphatic hydroxyl groups excluding tert-OH is 1. The Labute approximate surface area is 212 Å². The van der Waals surface area contributed by atoms with Crippen LogP contribution < -0.4 is 4.89 Å². The number of thioether (sulfide) groups is 1. The van der Waals surface area contributed by atoms with Crippen LogP contribution in [-0.4, -0.2) is 80.7 Å². The molecule has 0 aliphatic rings. The van der Waals surface area contributed by atoms with Crippen molar-refractivity contribution >= 4 is 25.6 Å². The maximum Gasteiger partial charge on any atom is 0.315 e. The minimum atomic E-state index is -4.49. The summed E-state index contributed by atoms with van der Waals surface area (Å²) in [4.78, 5) is 23.4. The van der Waals surface area contributed by atoms with E-state index in [-0.39, 0.29) is 19.0 Å². The summed E-state index contributed by atoms with van der Waals surface area (Å²) >= 11 is 1.52. The van der Waals surface area contributed by atoms with Crippen LogP contribution in [0, 0.1) is 0 Å². The van der Waals surface area contributed by atoms with Gasteiger partial charge in [-0.25, -0.2) is 0 Å². The number of likely N-dealkylation sites (N-methyl/N-ethyl adjacent to an activating group) is 1. The van der Waals surface area contributed by atoms with Crippen molar-refractivity contribution in [3.63, 3.8) is 0 Å². The van der Waals surface area contributed by atoms with Crippen molar-refractivity contribution in [1.29, 1.82) is 0 Å². The van der Waals surface area contributed by atoms with E-state index in [1.807, 2.05) is 21.1 Å². The third-order valence-electron chi connectivity index (χ3n) is 5.24. The molecule has 0 aromatic rings. The van der Waals surface area contributed by atoms with E-state index in [0.29, 0.717) is 11.0 Å². The first-order chi connectivity index (χ1) is 16.1. The van der Waals surface area contributed by atoms with Gasteiger partial charge in [-0.15, -0.1) is 0 Å². The predicted molar refractivity (Wildman–Crippen MR) is 138 cm³/mol. The normalized spacial score (nSPS) is 14.6. The van der Waals surface area contributed by atoms with Crippen LogP contribution in [0.4, 0.5) is 0 Å². The lowest BCUT2D eigenvalue weighted by Crippen LogP contribution is -2.37. The van der Waals surface area contributed by atoms with Gasteiger partial charge in [0.05, 0.1) is 33.5 Å². The van der Waals surface area contributed by atoms with Gasteiger partial charge >= 0.3 is 5.97 Å². The average Bonchev–Trinajstić information content (AvgIpc) is 2.75. The Morgan fingerprint density at radius 2 is 1.44 bits per heavy atom. The number of aliphatic hydroxyl groups is 1. The topological polar surface area (TPSA) is 105 Å². The highest BCUT2D eigenvalue weighted by Crippen LogP contribution is 2.38. The molecule has 10 heteroatoms. The molecular formula is C24H50NO7PS. The van der Waals surface area contributed by atoms with E-state index in [0.717, 1.165) is 12.2 Å². The Balaban J connectivity index is 3.55. The maximum absolute atomic E-state index is 11.8. The van der Waals surface area contributed by atoms with Crippen molar-refractivity contribution in [2.45, 2.75) is 90.1 Å². The molecule has 204 valence electrons. The molecule has 8 nitrogen and oxygen atoms in total. The third-order valence-corrected chi connectivity index (χ3v) is 7.22. The predicted octanol–water partition coefficient (Wildman–Crippen LogP) is 4.53. The van der Waals surface area contributed by atoms with Crippen molar-refractivity contribution < 1.29 is 37.6 Å². The van der Waals surface area contributed by atoms with Crippen molar-refractivity contribution in [3.8, 4) is 0 Å². The Morgan fingerprint density at radius 1 is 0.912 bits per heavy atom. The van der Waals surface area contributed by atoms with Gasteiger partial charge in [0.15, 0.2) is 0 Å². The Morgan fingerprint density at radius 3 is 1.97 bits per heavy atom. The summed E-state index contributed by atoms with van der Waals surface area (Å²) in [5.41, 5.74) is 0. The molecule has 0 amide bonds. The van der Waals surface area contributed by atoms with Crippen LogP contribution in [0.1, 0.15) is 84.0 Å². The lowest BCUT2D eigenvalue weighted by atomic mass is 10.1. The molecule has 0 aliphatic carbocycles. The zero-order chi connectivity index (χ0) is 25.7. The number of phosphoric ester groups is 1. The van der Waals surface area contributed by atoms with Crippen molar-refractivity contribution in [2.24, 2.45) is 0 Å². The fraction of sp³-hybridized carbons (Fsp3) is 0.958. The summed E-state index contributed by atoms with van der Waals surface area (Å²) in [5, 5.41) is 9.78. The van der Waals surface area contributed by atoms with Crippen LogP contribution in [0.25, 0.3) is 0 Å². The fourth-order valence-electron chi connectivity index (χ4n) is 3.12. The van der Waals surface area contributed by atoms with Gasteiger partial charge in [0.2, 0.25) is 0 Å². The Hall–Kier alpha value is -0.150. The molecule has 0 rings (SSSR count). The van der Waals surface area contributed by atoms with Crippen molar-refractivity contribution in [1.82, 2.24) is 0 Å². The molecule has 0 bridgehead atoms. The maximum atomic E-state index is 11.8. The van der Waals surface area contributed by atoms with Crippen LogP contribution >= 0.6 is 19.6 Å². The van der Waals surface area contributed by atoms with E-state index < -0.39 is 26.5 Å². The summed E-state index contributed by atoms with van der Waals surface area (Å²) in [6.07, 6.45) is 14.4. The van der Waals surface area contributed by atoms with Crippen molar-refractivity contribution in [3.05, 3.63) is 0 Å². The number of phosphoric acid groups is 1. The van der Waals surface area contributed by atoms with E-state index >= 15 is 0 Å². The van der Waals surface area contributed by atoms with E-state index in [9.17, 15) is 19.4 Å². The largest absolute Gasteiger partial charge is 0.756 e. The first kappa shape index (κ1) is 33.8. The van der Waals surface area contributed by atoms with Gasteiger partial charge in [0, 0.05) is 0 Å². The highest BCUT2D eigenvalue weighted by Gasteiger charge is 2.16. The van der Waals surface area contributed by atoms with E-state index in [1.54, 1.807) is 0 Å². The fourth-order valence-corrected chi connectivity index (χ4v) is 4.66. The lowest BCUT2D eigenvalue weighted by molar-refractivity contribution is -0.870. The smallest absolute Gasteiger partial charge is 0.315 e. The first-order valence-electron chi connectivity index (χ1n) is 12.9. The Kier molecular flexibility index (Phi) is 20.9. The summed E-state index contributed by atoms with van der Waals surface area (Å²) in [6.45, 7) is 1.91. The monoisotopic (exact) mass is 527 g/mol. The molecular weight excluding hydrogens is 477 g/mol. The molecule has 0 fully saturated rings. The number of carbonyl (C=O) groups excluding carboxylic acids is 1. The molecule has 0 radical (unpaired) electrons. The van der Waals surface area contributed by atoms with Gasteiger partial charge in [-0.3, -0.25) is 9.36 Å². The van der Waals surface area contributed by atoms with Gasteiger partial charge < -0.3 is 28.3 Å². The second-order valence-electron chi connectivity index (χ2n) is 9.87. The minimum Gasteiger partial charge on any atom is -0.756 e. The summed E-state index contributed by atoms with van der Waals surface area (Å²) in [6, 6.07) is 0. The third kappa shape index (κ3) is 25.0. The number of quaternary nitrogens is 1. The molecule has 0 aromatic carbocycles. The van der Waals surface area contributed by atoms with Gasteiger partial charge in [-0.05, 0) is 12.2 Å². The number of carbonyl (C=O) groups is 1. The Bertz CT molecular complexity index is 546. The number of rotatable bonds is 24. The molecule has 0 aliphatic heterocycles. The van der Waals surface area contributed by atoms with E-state index in [2.05, 4.69) is 11.4 Å². The second-order valence-corrected chi connectivity index (χ2v) is 12.4. The molecule has 0 spiro atoms. The first-order valence-corrected chi connectivity index (χ1v) is 15.5. The van der Waals surface area contributed by atoms with Crippen LogP contribution in [0.3, 0.4) is 0 Å². The SMILES string of the molecule is CCCCCCCCCCCCCCSCC(=O)OC[C@@H](O)COP(=O)([O-])OCC[N+](C)(C)C.